The van der Waals surface area contributed by atoms with Gasteiger partial charge < -0.3 is 10.1 Å². The SMILES string of the molecule is CCN(CCNc1ncccc1OC)C1CC1. The van der Waals surface area contributed by atoms with Gasteiger partial charge in [-0.05, 0) is 31.5 Å². The van der Waals surface area contributed by atoms with Gasteiger partial charge in [-0.2, -0.15) is 0 Å². The predicted octanol–water partition coefficient (Wildman–Crippen LogP) is 1.99. The lowest BCUT2D eigenvalue weighted by molar-refractivity contribution is 0.288. The van der Waals surface area contributed by atoms with Crippen LogP contribution in [0.5, 0.6) is 5.75 Å². The number of pyridine rings is 1. The zero-order chi connectivity index (χ0) is 12.1. The first-order valence-corrected chi connectivity index (χ1v) is 6.32. The number of methoxy groups -OCH3 is 1. The topological polar surface area (TPSA) is 37.4 Å². The molecule has 1 aliphatic carbocycles. The van der Waals surface area contributed by atoms with Crippen LogP contribution < -0.4 is 10.1 Å². The maximum atomic E-state index is 5.25. The lowest BCUT2D eigenvalue weighted by Crippen LogP contribution is -2.31. The Labute approximate surface area is 103 Å². The van der Waals surface area contributed by atoms with Gasteiger partial charge in [-0.3, -0.25) is 4.90 Å². The second-order valence-corrected chi connectivity index (χ2v) is 4.34. The molecule has 1 saturated carbocycles. The molecule has 0 amide bonds. The first kappa shape index (κ1) is 12.2. The number of likely N-dealkylation sites (N-methyl/N-ethyl adjacent to an activating group) is 1. The minimum Gasteiger partial charge on any atom is -0.493 e. The summed E-state index contributed by atoms with van der Waals surface area (Å²) in [6.45, 7) is 5.34. The number of hydrogen-bond donors (Lipinski definition) is 1. The highest BCUT2D eigenvalue weighted by atomic mass is 16.5. The van der Waals surface area contributed by atoms with E-state index in [-0.39, 0.29) is 0 Å². The molecule has 2 rings (SSSR count). The number of nitrogens with one attached hydrogen (secondary N) is 1. The third-order valence-corrected chi connectivity index (χ3v) is 3.15. The Morgan fingerprint density at radius 1 is 1.53 bits per heavy atom. The van der Waals surface area contributed by atoms with Crippen molar-refractivity contribution >= 4 is 5.82 Å². The molecule has 0 atom stereocenters. The molecule has 4 nitrogen and oxygen atoms in total. The normalized spacial score (nSPS) is 15.0. The van der Waals surface area contributed by atoms with Crippen molar-refractivity contribution in [1.82, 2.24) is 9.88 Å². The van der Waals surface area contributed by atoms with Gasteiger partial charge in [0.1, 0.15) is 0 Å². The molecule has 1 N–H and O–H groups in total. The van der Waals surface area contributed by atoms with Gasteiger partial charge in [0, 0.05) is 25.3 Å². The van der Waals surface area contributed by atoms with Crippen LogP contribution >= 0.6 is 0 Å². The summed E-state index contributed by atoms with van der Waals surface area (Å²) in [4.78, 5) is 6.79. The minimum absolute atomic E-state index is 0.807. The Kier molecular flexibility index (Phi) is 4.20. The Balaban J connectivity index is 1.80. The number of ether oxygens (including phenoxy) is 1. The summed E-state index contributed by atoms with van der Waals surface area (Å²) in [7, 11) is 1.67. The summed E-state index contributed by atoms with van der Waals surface area (Å²) >= 11 is 0. The minimum atomic E-state index is 0.807. The lowest BCUT2D eigenvalue weighted by atomic mass is 10.4. The average Bonchev–Trinajstić information content (AvgIpc) is 3.19. The van der Waals surface area contributed by atoms with E-state index in [1.54, 1.807) is 13.3 Å². The van der Waals surface area contributed by atoms with Crippen LogP contribution in [0.15, 0.2) is 18.3 Å². The molecule has 4 heteroatoms. The van der Waals surface area contributed by atoms with Crippen molar-refractivity contribution in [2.45, 2.75) is 25.8 Å². The summed E-state index contributed by atoms with van der Waals surface area (Å²) in [6.07, 6.45) is 4.50. The monoisotopic (exact) mass is 235 g/mol. The molecule has 1 heterocycles. The molecular formula is C13H21N3O. The van der Waals surface area contributed by atoms with Crippen LogP contribution in [0.1, 0.15) is 19.8 Å². The van der Waals surface area contributed by atoms with Gasteiger partial charge in [0.25, 0.3) is 0 Å². The standard InChI is InChI=1S/C13H21N3O/c1-3-16(11-6-7-11)10-9-15-13-12(17-2)5-4-8-14-13/h4-5,8,11H,3,6-7,9-10H2,1-2H3,(H,14,15). The Morgan fingerprint density at radius 2 is 2.35 bits per heavy atom. The Morgan fingerprint density at radius 3 is 3.00 bits per heavy atom. The van der Waals surface area contributed by atoms with Crippen molar-refractivity contribution in [3.63, 3.8) is 0 Å². The van der Waals surface area contributed by atoms with E-state index in [9.17, 15) is 0 Å². The zero-order valence-corrected chi connectivity index (χ0v) is 10.6. The summed E-state index contributed by atoms with van der Waals surface area (Å²) in [5.74, 6) is 1.64. The largest absolute Gasteiger partial charge is 0.493 e. The van der Waals surface area contributed by atoms with E-state index in [4.69, 9.17) is 4.74 Å². The zero-order valence-electron chi connectivity index (χ0n) is 10.6. The lowest BCUT2D eigenvalue weighted by Gasteiger charge is -2.20. The van der Waals surface area contributed by atoms with E-state index in [1.165, 1.54) is 12.8 Å². The smallest absolute Gasteiger partial charge is 0.168 e. The van der Waals surface area contributed by atoms with Gasteiger partial charge in [0.2, 0.25) is 0 Å². The van der Waals surface area contributed by atoms with Crippen LogP contribution in [0.4, 0.5) is 5.82 Å². The third kappa shape index (κ3) is 3.33. The first-order chi connectivity index (χ1) is 8.35. The summed E-state index contributed by atoms with van der Waals surface area (Å²) in [6, 6.07) is 4.63. The van der Waals surface area contributed by atoms with Gasteiger partial charge in [0.15, 0.2) is 11.6 Å². The number of hydrogen-bond acceptors (Lipinski definition) is 4. The molecule has 0 aliphatic heterocycles. The second-order valence-electron chi connectivity index (χ2n) is 4.34. The third-order valence-electron chi connectivity index (χ3n) is 3.15. The van der Waals surface area contributed by atoms with E-state index < -0.39 is 0 Å². The summed E-state index contributed by atoms with van der Waals surface area (Å²) < 4.78 is 5.25. The van der Waals surface area contributed by atoms with Crippen LogP contribution in [-0.4, -0.2) is 42.7 Å². The molecule has 94 valence electrons. The molecule has 0 spiro atoms. The molecule has 1 aromatic rings. The molecule has 0 aromatic carbocycles. The fourth-order valence-electron chi connectivity index (χ4n) is 2.04. The summed E-state index contributed by atoms with van der Waals surface area (Å²) in [5.41, 5.74) is 0. The summed E-state index contributed by atoms with van der Waals surface area (Å²) in [5, 5.41) is 3.33. The van der Waals surface area contributed by atoms with Crippen LogP contribution in [0, 0.1) is 0 Å². The van der Waals surface area contributed by atoms with Crippen LogP contribution in [-0.2, 0) is 0 Å². The van der Waals surface area contributed by atoms with Gasteiger partial charge in [-0.15, -0.1) is 0 Å². The van der Waals surface area contributed by atoms with Gasteiger partial charge in [-0.25, -0.2) is 4.98 Å². The average molecular weight is 235 g/mol. The maximum absolute atomic E-state index is 5.25. The molecule has 1 aromatic heterocycles. The first-order valence-electron chi connectivity index (χ1n) is 6.32. The molecule has 1 fully saturated rings. The van der Waals surface area contributed by atoms with E-state index in [0.29, 0.717) is 0 Å². The van der Waals surface area contributed by atoms with Gasteiger partial charge in [-0.1, -0.05) is 6.92 Å². The fraction of sp³-hybridized carbons (Fsp3) is 0.615. The van der Waals surface area contributed by atoms with E-state index in [2.05, 4.69) is 22.1 Å². The van der Waals surface area contributed by atoms with Crippen LogP contribution in [0.2, 0.25) is 0 Å². The fourth-order valence-corrected chi connectivity index (χ4v) is 2.04. The molecular weight excluding hydrogens is 214 g/mol. The molecule has 0 radical (unpaired) electrons. The molecule has 0 bridgehead atoms. The number of rotatable bonds is 7. The molecule has 0 unspecified atom stereocenters. The number of aromatic nitrogens is 1. The van der Waals surface area contributed by atoms with E-state index in [1.807, 2.05) is 12.1 Å². The van der Waals surface area contributed by atoms with Gasteiger partial charge in [0.05, 0.1) is 7.11 Å². The number of nitrogens with zero attached hydrogens (tertiary/aromatic N) is 2. The Bertz CT molecular complexity index is 352. The molecule has 1 aliphatic rings. The van der Waals surface area contributed by atoms with E-state index >= 15 is 0 Å². The van der Waals surface area contributed by atoms with Crippen LogP contribution in [0.25, 0.3) is 0 Å². The van der Waals surface area contributed by atoms with Crippen molar-refractivity contribution in [2.24, 2.45) is 0 Å². The second kappa shape index (κ2) is 5.87. The van der Waals surface area contributed by atoms with Gasteiger partial charge >= 0.3 is 0 Å². The van der Waals surface area contributed by atoms with Crippen molar-refractivity contribution in [2.75, 3.05) is 32.1 Å². The quantitative estimate of drug-likeness (QED) is 0.784. The molecule has 17 heavy (non-hydrogen) atoms. The van der Waals surface area contributed by atoms with E-state index in [0.717, 1.165) is 37.2 Å². The molecule has 0 saturated heterocycles. The Hall–Kier alpha value is -1.29. The van der Waals surface area contributed by atoms with Crippen molar-refractivity contribution in [3.8, 4) is 5.75 Å². The highest BCUT2D eigenvalue weighted by Crippen LogP contribution is 2.26. The van der Waals surface area contributed by atoms with Crippen molar-refractivity contribution < 1.29 is 4.74 Å². The highest BCUT2D eigenvalue weighted by molar-refractivity contribution is 5.49. The maximum Gasteiger partial charge on any atom is 0.168 e. The van der Waals surface area contributed by atoms with Crippen LogP contribution in [0.3, 0.4) is 0 Å². The van der Waals surface area contributed by atoms with Crippen molar-refractivity contribution in [3.05, 3.63) is 18.3 Å². The highest BCUT2D eigenvalue weighted by Gasteiger charge is 2.27. The predicted molar refractivity (Wildman–Crippen MR) is 69.5 cm³/mol. The number of anilines is 1. The van der Waals surface area contributed by atoms with Crippen molar-refractivity contribution in [1.29, 1.82) is 0 Å².